The van der Waals surface area contributed by atoms with E-state index in [-0.39, 0.29) is 0 Å². The molecule has 0 saturated carbocycles. The first-order chi connectivity index (χ1) is 13.4. The van der Waals surface area contributed by atoms with Gasteiger partial charge in [-0.05, 0) is 37.3 Å². The Balaban J connectivity index is 2.13. The minimum absolute atomic E-state index is 0.350. The third-order valence-electron chi connectivity index (χ3n) is 4.36. The van der Waals surface area contributed by atoms with E-state index < -0.39 is 17.9 Å². The lowest BCUT2D eigenvalue weighted by Crippen LogP contribution is -2.38. The maximum Gasteiger partial charge on any atom is 0.325 e. The number of rotatable bonds is 6. The third-order valence-corrected chi connectivity index (χ3v) is 4.36. The lowest BCUT2D eigenvalue weighted by Gasteiger charge is -2.14. The average molecular weight is 380 g/mol. The van der Waals surface area contributed by atoms with Crippen LogP contribution in [0.4, 0.5) is 0 Å². The molecule has 1 heterocycles. The van der Waals surface area contributed by atoms with E-state index >= 15 is 0 Å². The van der Waals surface area contributed by atoms with Crippen molar-refractivity contribution in [3.63, 3.8) is 0 Å². The summed E-state index contributed by atoms with van der Waals surface area (Å²) < 4.78 is 10.6. The van der Waals surface area contributed by atoms with E-state index in [9.17, 15) is 9.59 Å². The van der Waals surface area contributed by atoms with Gasteiger partial charge in [-0.2, -0.15) is 0 Å². The van der Waals surface area contributed by atoms with E-state index in [0.717, 1.165) is 5.56 Å². The summed E-state index contributed by atoms with van der Waals surface area (Å²) >= 11 is 0. The molecule has 0 fully saturated rings. The Hall–Kier alpha value is -3.61. The molecule has 1 amide bonds. The quantitative estimate of drug-likeness (QED) is 0.682. The number of aliphatic carboxylic acids is 1. The van der Waals surface area contributed by atoms with Crippen molar-refractivity contribution in [1.82, 2.24) is 10.3 Å². The van der Waals surface area contributed by atoms with Crippen LogP contribution in [0.1, 0.15) is 17.3 Å². The van der Waals surface area contributed by atoms with Crippen LogP contribution in [0.2, 0.25) is 0 Å². The van der Waals surface area contributed by atoms with Crippen LogP contribution in [0.15, 0.2) is 48.5 Å². The number of hydrogen-bond donors (Lipinski definition) is 2. The van der Waals surface area contributed by atoms with Crippen molar-refractivity contribution in [3.8, 4) is 22.8 Å². The first-order valence-electron chi connectivity index (χ1n) is 8.60. The van der Waals surface area contributed by atoms with Crippen LogP contribution in [0.5, 0.6) is 11.5 Å². The lowest BCUT2D eigenvalue weighted by molar-refractivity contribution is -0.138. The van der Waals surface area contributed by atoms with Gasteiger partial charge in [0.25, 0.3) is 5.91 Å². The number of aromatic nitrogens is 1. The molecule has 0 aliphatic heterocycles. The van der Waals surface area contributed by atoms with Crippen molar-refractivity contribution in [3.05, 3.63) is 54.1 Å². The molecule has 7 nitrogen and oxygen atoms in total. The van der Waals surface area contributed by atoms with Gasteiger partial charge in [0.2, 0.25) is 0 Å². The molecule has 2 N–H and O–H groups in total. The number of nitrogens with one attached hydrogen (secondary N) is 1. The van der Waals surface area contributed by atoms with Gasteiger partial charge in [0.15, 0.2) is 11.5 Å². The second kappa shape index (κ2) is 7.96. The second-order valence-corrected chi connectivity index (χ2v) is 6.18. The minimum Gasteiger partial charge on any atom is -0.493 e. The van der Waals surface area contributed by atoms with Crippen LogP contribution >= 0.6 is 0 Å². The second-order valence-electron chi connectivity index (χ2n) is 6.18. The van der Waals surface area contributed by atoms with Crippen molar-refractivity contribution in [2.75, 3.05) is 14.2 Å². The predicted octanol–water partition coefficient (Wildman–Crippen LogP) is 3.12. The van der Waals surface area contributed by atoms with Gasteiger partial charge in [-0.25, -0.2) is 4.98 Å². The fourth-order valence-electron chi connectivity index (χ4n) is 2.84. The van der Waals surface area contributed by atoms with Gasteiger partial charge in [-0.3, -0.25) is 9.59 Å². The number of benzene rings is 2. The molecule has 1 unspecified atom stereocenters. The highest BCUT2D eigenvalue weighted by atomic mass is 16.5. The maximum absolute atomic E-state index is 12.7. The molecular formula is C21H20N2O5. The molecule has 0 bridgehead atoms. The van der Waals surface area contributed by atoms with Crippen LogP contribution < -0.4 is 14.8 Å². The number of carboxylic acids is 1. The maximum atomic E-state index is 12.7. The van der Waals surface area contributed by atoms with Gasteiger partial charge in [0, 0.05) is 10.9 Å². The van der Waals surface area contributed by atoms with Gasteiger partial charge in [-0.15, -0.1) is 0 Å². The smallest absolute Gasteiger partial charge is 0.325 e. The highest BCUT2D eigenvalue weighted by molar-refractivity contribution is 6.08. The van der Waals surface area contributed by atoms with Crippen LogP contribution in [0, 0.1) is 0 Å². The topological polar surface area (TPSA) is 97.8 Å². The number of amides is 1. The monoisotopic (exact) mass is 380 g/mol. The van der Waals surface area contributed by atoms with E-state index in [4.69, 9.17) is 14.6 Å². The van der Waals surface area contributed by atoms with Crippen LogP contribution in [0.3, 0.4) is 0 Å². The Kier molecular flexibility index (Phi) is 5.44. The number of pyridine rings is 1. The molecule has 1 atom stereocenters. The van der Waals surface area contributed by atoms with Crippen molar-refractivity contribution in [2.24, 2.45) is 0 Å². The highest BCUT2D eigenvalue weighted by Crippen LogP contribution is 2.33. The molecule has 2 aromatic carbocycles. The van der Waals surface area contributed by atoms with E-state index in [2.05, 4.69) is 10.3 Å². The Labute approximate surface area is 161 Å². The van der Waals surface area contributed by atoms with Gasteiger partial charge in [0.1, 0.15) is 6.04 Å². The normalized spacial score (nSPS) is 11.7. The summed E-state index contributed by atoms with van der Waals surface area (Å²) in [6, 6.07) is 13.2. The van der Waals surface area contributed by atoms with Crippen LogP contribution in [-0.4, -0.2) is 42.2 Å². The van der Waals surface area contributed by atoms with Crippen molar-refractivity contribution in [1.29, 1.82) is 0 Å². The number of carboxylic acid groups (broad SMARTS) is 1. The molecule has 0 saturated heterocycles. The average Bonchev–Trinajstić information content (AvgIpc) is 2.72. The van der Waals surface area contributed by atoms with Gasteiger partial charge in [0.05, 0.1) is 31.0 Å². The van der Waals surface area contributed by atoms with Crippen molar-refractivity contribution < 1.29 is 24.2 Å². The SMILES string of the molecule is COc1ccc(-c2cc(C(=O)NC(C)C(=O)O)c3ccccc3n2)cc1OC. The molecule has 0 aliphatic carbocycles. The number of para-hydroxylation sites is 1. The number of nitrogens with zero attached hydrogens (tertiary/aromatic N) is 1. The molecular weight excluding hydrogens is 360 g/mol. The van der Waals surface area contributed by atoms with Gasteiger partial charge >= 0.3 is 5.97 Å². The Bertz CT molecular complexity index is 1050. The summed E-state index contributed by atoms with van der Waals surface area (Å²) in [6.45, 7) is 1.42. The number of hydrogen-bond acceptors (Lipinski definition) is 5. The molecule has 3 rings (SSSR count). The zero-order chi connectivity index (χ0) is 20.3. The highest BCUT2D eigenvalue weighted by Gasteiger charge is 2.19. The lowest BCUT2D eigenvalue weighted by atomic mass is 10.0. The Morgan fingerprint density at radius 1 is 1.04 bits per heavy atom. The minimum atomic E-state index is -1.10. The molecule has 28 heavy (non-hydrogen) atoms. The van der Waals surface area contributed by atoms with E-state index in [1.165, 1.54) is 6.92 Å². The Morgan fingerprint density at radius 3 is 2.43 bits per heavy atom. The molecule has 144 valence electrons. The number of carbonyl (C=O) groups is 2. The van der Waals surface area contributed by atoms with E-state index in [1.807, 2.05) is 12.1 Å². The van der Waals surface area contributed by atoms with Crippen molar-refractivity contribution in [2.45, 2.75) is 13.0 Å². The fraction of sp³-hybridized carbons (Fsp3) is 0.190. The molecule has 3 aromatic rings. The predicted molar refractivity (Wildman–Crippen MR) is 105 cm³/mol. The summed E-state index contributed by atoms with van der Waals surface area (Å²) in [5.41, 5.74) is 2.28. The number of ether oxygens (including phenoxy) is 2. The number of methoxy groups -OCH3 is 2. The summed E-state index contributed by atoms with van der Waals surface area (Å²) in [6.07, 6.45) is 0. The summed E-state index contributed by atoms with van der Waals surface area (Å²) in [4.78, 5) is 28.5. The standard InChI is InChI=1S/C21H20N2O5/c1-12(21(25)26)22-20(24)15-11-17(23-16-7-5-4-6-14(15)16)13-8-9-18(27-2)19(10-13)28-3/h4-12H,1-3H3,(H,22,24)(H,25,26). The first-order valence-corrected chi connectivity index (χ1v) is 8.60. The zero-order valence-corrected chi connectivity index (χ0v) is 15.7. The van der Waals surface area contributed by atoms with Crippen molar-refractivity contribution >= 4 is 22.8 Å². The summed E-state index contributed by atoms with van der Waals surface area (Å²) in [7, 11) is 3.10. The van der Waals surface area contributed by atoms with Crippen LogP contribution in [-0.2, 0) is 4.79 Å². The molecule has 0 aliphatic rings. The summed E-state index contributed by atoms with van der Waals surface area (Å²) in [5.74, 6) is -0.456. The summed E-state index contributed by atoms with van der Waals surface area (Å²) in [5, 5.41) is 12.2. The van der Waals surface area contributed by atoms with E-state index in [0.29, 0.717) is 33.7 Å². The molecule has 7 heteroatoms. The van der Waals surface area contributed by atoms with E-state index in [1.54, 1.807) is 50.6 Å². The van der Waals surface area contributed by atoms with Gasteiger partial charge in [-0.1, -0.05) is 18.2 Å². The molecule has 1 aromatic heterocycles. The molecule has 0 spiro atoms. The first kappa shape index (κ1) is 19.2. The number of fused-ring (bicyclic) bond motifs is 1. The number of carbonyl (C=O) groups excluding carboxylic acids is 1. The van der Waals surface area contributed by atoms with Gasteiger partial charge < -0.3 is 19.9 Å². The zero-order valence-electron chi connectivity index (χ0n) is 15.7. The Morgan fingerprint density at radius 2 is 1.75 bits per heavy atom. The largest absolute Gasteiger partial charge is 0.493 e. The van der Waals surface area contributed by atoms with Crippen LogP contribution in [0.25, 0.3) is 22.2 Å². The third kappa shape index (κ3) is 3.73. The fourth-order valence-corrected chi connectivity index (χ4v) is 2.84. The molecule has 0 radical (unpaired) electrons.